The molecule has 1 rings (SSSR count). The number of hydrogen-bond acceptors (Lipinski definition) is 4. The molecule has 1 aromatic heterocycles. The minimum Gasteiger partial charge on any atom is -0.364 e. The van der Waals surface area contributed by atoms with E-state index in [-0.39, 0.29) is 24.5 Å². The van der Waals surface area contributed by atoms with Gasteiger partial charge < -0.3 is 14.6 Å². The van der Waals surface area contributed by atoms with E-state index < -0.39 is 0 Å². The normalized spacial score (nSPS) is 9.79. The molecule has 0 spiro atoms. The Morgan fingerprint density at radius 2 is 2.29 bits per heavy atom. The summed E-state index contributed by atoms with van der Waals surface area (Å²) in [4.78, 5) is 21.7. The number of Topliss-reactive ketones (excluding diaryl/α,β-unsaturated/α-hetero) is 1. The van der Waals surface area contributed by atoms with Gasteiger partial charge in [0.2, 0.25) is 5.91 Å². The standard InChI is InChI=1S/C9H12N2O3/c1-7(12)2-3-9(13)10-6-8-4-5-14-11-8/h4-5H,2-3,6H2,1H3,(H,10,13). The summed E-state index contributed by atoms with van der Waals surface area (Å²) in [6, 6.07) is 1.67. The minimum absolute atomic E-state index is 0.0154. The Morgan fingerprint density at radius 1 is 1.50 bits per heavy atom. The van der Waals surface area contributed by atoms with Crippen molar-refractivity contribution in [2.75, 3.05) is 0 Å². The van der Waals surface area contributed by atoms with Gasteiger partial charge in [0.25, 0.3) is 0 Å². The van der Waals surface area contributed by atoms with Crippen LogP contribution in [-0.4, -0.2) is 16.8 Å². The van der Waals surface area contributed by atoms with Crippen LogP contribution in [-0.2, 0) is 16.1 Å². The molecule has 0 bridgehead atoms. The van der Waals surface area contributed by atoms with Gasteiger partial charge in [0.05, 0.1) is 6.54 Å². The predicted octanol–water partition coefficient (Wildman–Crippen LogP) is 0.660. The number of nitrogens with zero attached hydrogens (tertiary/aromatic N) is 1. The fourth-order valence-corrected chi connectivity index (χ4v) is 0.896. The van der Waals surface area contributed by atoms with Crippen LogP contribution in [0, 0.1) is 0 Å². The van der Waals surface area contributed by atoms with Crippen LogP contribution in [0.15, 0.2) is 16.9 Å². The molecular formula is C9H12N2O3. The first-order valence-corrected chi connectivity index (χ1v) is 4.34. The van der Waals surface area contributed by atoms with Gasteiger partial charge in [0.1, 0.15) is 17.7 Å². The molecule has 1 aromatic rings. The molecule has 5 nitrogen and oxygen atoms in total. The molecule has 0 atom stereocenters. The minimum atomic E-state index is -0.150. The largest absolute Gasteiger partial charge is 0.364 e. The topological polar surface area (TPSA) is 72.2 Å². The summed E-state index contributed by atoms with van der Waals surface area (Å²) >= 11 is 0. The maximum Gasteiger partial charge on any atom is 0.220 e. The molecule has 0 saturated heterocycles. The Hall–Kier alpha value is -1.65. The highest BCUT2D eigenvalue weighted by Crippen LogP contribution is 1.95. The lowest BCUT2D eigenvalue weighted by Crippen LogP contribution is -2.23. The van der Waals surface area contributed by atoms with Crippen molar-refractivity contribution in [2.24, 2.45) is 0 Å². The van der Waals surface area contributed by atoms with E-state index in [1.807, 2.05) is 0 Å². The molecule has 1 amide bonds. The number of aromatic nitrogens is 1. The highest BCUT2D eigenvalue weighted by Gasteiger charge is 2.04. The van der Waals surface area contributed by atoms with Crippen molar-refractivity contribution in [1.82, 2.24) is 10.5 Å². The molecule has 1 N–H and O–H groups in total. The first-order valence-electron chi connectivity index (χ1n) is 4.34. The Bertz CT molecular complexity index is 306. The molecule has 0 fully saturated rings. The van der Waals surface area contributed by atoms with Gasteiger partial charge in [-0.15, -0.1) is 0 Å². The van der Waals surface area contributed by atoms with Crippen molar-refractivity contribution in [3.63, 3.8) is 0 Å². The Morgan fingerprint density at radius 3 is 2.86 bits per heavy atom. The van der Waals surface area contributed by atoms with Gasteiger partial charge in [-0.3, -0.25) is 4.79 Å². The van der Waals surface area contributed by atoms with E-state index in [0.717, 1.165) is 0 Å². The van der Waals surface area contributed by atoms with Crippen molar-refractivity contribution in [1.29, 1.82) is 0 Å². The summed E-state index contributed by atoms with van der Waals surface area (Å²) in [5.41, 5.74) is 0.668. The fraction of sp³-hybridized carbons (Fsp3) is 0.444. The smallest absolute Gasteiger partial charge is 0.220 e. The van der Waals surface area contributed by atoms with Gasteiger partial charge in [0, 0.05) is 18.9 Å². The van der Waals surface area contributed by atoms with Crippen LogP contribution in [0.3, 0.4) is 0 Å². The molecule has 14 heavy (non-hydrogen) atoms. The average molecular weight is 196 g/mol. The second-order valence-electron chi connectivity index (χ2n) is 2.97. The van der Waals surface area contributed by atoms with Crippen molar-refractivity contribution in [2.45, 2.75) is 26.3 Å². The van der Waals surface area contributed by atoms with Crippen molar-refractivity contribution in [3.8, 4) is 0 Å². The Kier molecular flexibility index (Phi) is 3.84. The van der Waals surface area contributed by atoms with Crippen LogP contribution in [0.2, 0.25) is 0 Å². The van der Waals surface area contributed by atoms with Crippen molar-refractivity contribution in [3.05, 3.63) is 18.0 Å². The lowest BCUT2D eigenvalue weighted by atomic mass is 10.2. The molecule has 5 heteroatoms. The average Bonchev–Trinajstić information content (AvgIpc) is 2.63. The number of carbonyl (C=O) groups excluding carboxylic acids is 2. The first-order chi connectivity index (χ1) is 6.68. The molecule has 76 valence electrons. The molecule has 0 aliphatic heterocycles. The highest BCUT2D eigenvalue weighted by atomic mass is 16.5. The second-order valence-corrected chi connectivity index (χ2v) is 2.97. The van der Waals surface area contributed by atoms with Gasteiger partial charge in [-0.05, 0) is 6.92 Å². The maximum atomic E-state index is 11.1. The Balaban J connectivity index is 2.18. The lowest BCUT2D eigenvalue weighted by molar-refractivity contribution is -0.124. The highest BCUT2D eigenvalue weighted by molar-refractivity contribution is 5.83. The predicted molar refractivity (Wildman–Crippen MR) is 48.3 cm³/mol. The number of carbonyl (C=O) groups is 2. The number of ketones is 1. The molecular weight excluding hydrogens is 184 g/mol. The fourth-order valence-electron chi connectivity index (χ4n) is 0.896. The molecule has 0 unspecified atom stereocenters. The van der Waals surface area contributed by atoms with E-state index in [2.05, 4.69) is 15.0 Å². The summed E-state index contributed by atoms with van der Waals surface area (Å²) in [6.07, 6.45) is 1.95. The number of rotatable bonds is 5. The summed E-state index contributed by atoms with van der Waals surface area (Å²) < 4.78 is 4.59. The maximum absolute atomic E-state index is 11.1. The Labute approximate surface area is 81.5 Å². The summed E-state index contributed by atoms with van der Waals surface area (Å²) in [6.45, 7) is 1.80. The van der Waals surface area contributed by atoms with E-state index in [4.69, 9.17) is 0 Å². The van der Waals surface area contributed by atoms with Gasteiger partial charge >= 0.3 is 0 Å². The van der Waals surface area contributed by atoms with Crippen LogP contribution >= 0.6 is 0 Å². The summed E-state index contributed by atoms with van der Waals surface area (Å²) in [5.74, 6) is -0.134. The summed E-state index contributed by atoms with van der Waals surface area (Å²) in [5, 5.41) is 6.25. The third kappa shape index (κ3) is 3.84. The number of hydrogen-bond donors (Lipinski definition) is 1. The van der Waals surface area contributed by atoms with Crippen LogP contribution in [0.5, 0.6) is 0 Å². The molecule has 0 aromatic carbocycles. The molecule has 0 aliphatic carbocycles. The first kappa shape index (κ1) is 10.4. The number of amides is 1. The third-order valence-electron chi connectivity index (χ3n) is 1.66. The van der Waals surface area contributed by atoms with Crippen LogP contribution < -0.4 is 5.32 Å². The zero-order valence-electron chi connectivity index (χ0n) is 7.95. The zero-order valence-corrected chi connectivity index (χ0v) is 7.95. The second kappa shape index (κ2) is 5.16. The molecule has 1 heterocycles. The summed E-state index contributed by atoms with van der Waals surface area (Å²) in [7, 11) is 0. The molecule has 0 radical (unpaired) electrons. The van der Waals surface area contributed by atoms with Gasteiger partial charge in [-0.25, -0.2) is 0 Å². The van der Waals surface area contributed by atoms with Gasteiger partial charge in [0.15, 0.2) is 0 Å². The van der Waals surface area contributed by atoms with Crippen molar-refractivity contribution < 1.29 is 14.1 Å². The van der Waals surface area contributed by atoms with E-state index in [1.54, 1.807) is 6.07 Å². The van der Waals surface area contributed by atoms with Gasteiger partial charge in [-0.1, -0.05) is 5.16 Å². The lowest BCUT2D eigenvalue weighted by Gasteiger charge is -2.00. The van der Waals surface area contributed by atoms with Gasteiger partial charge in [-0.2, -0.15) is 0 Å². The van der Waals surface area contributed by atoms with Crippen molar-refractivity contribution >= 4 is 11.7 Å². The van der Waals surface area contributed by atoms with E-state index in [9.17, 15) is 9.59 Å². The monoisotopic (exact) mass is 196 g/mol. The van der Waals surface area contributed by atoms with Crippen LogP contribution in [0.25, 0.3) is 0 Å². The number of nitrogens with one attached hydrogen (secondary N) is 1. The SMILES string of the molecule is CC(=O)CCC(=O)NCc1ccon1. The quantitative estimate of drug-likeness (QED) is 0.750. The third-order valence-corrected chi connectivity index (χ3v) is 1.66. The van der Waals surface area contributed by atoms with E-state index in [0.29, 0.717) is 12.2 Å². The zero-order chi connectivity index (χ0) is 10.4. The van der Waals surface area contributed by atoms with Crippen LogP contribution in [0.1, 0.15) is 25.5 Å². The molecule has 0 saturated carbocycles. The van der Waals surface area contributed by atoms with E-state index in [1.165, 1.54) is 13.2 Å². The van der Waals surface area contributed by atoms with Crippen LogP contribution in [0.4, 0.5) is 0 Å². The van der Waals surface area contributed by atoms with E-state index >= 15 is 0 Å². The molecule has 0 aliphatic rings.